The lowest BCUT2D eigenvalue weighted by Gasteiger charge is -2.54. The van der Waals surface area contributed by atoms with Crippen LogP contribution in [0, 0.1) is 17.2 Å². The van der Waals surface area contributed by atoms with Gasteiger partial charge in [-0.1, -0.05) is 31.2 Å². The van der Waals surface area contributed by atoms with Gasteiger partial charge in [-0.05, 0) is 43.3 Å². The fraction of sp³-hybridized carbons (Fsp3) is 0.444. The van der Waals surface area contributed by atoms with Crippen LogP contribution in [-0.4, -0.2) is 116 Å². The number of carboxylic acid groups (broad SMARTS) is 1. The Morgan fingerprint density at radius 1 is 1.06 bits per heavy atom. The molecule has 15 heteroatoms. The van der Waals surface area contributed by atoms with Crippen molar-refractivity contribution in [3.05, 3.63) is 71.9 Å². The summed E-state index contributed by atoms with van der Waals surface area (Å²) in [5, 5.41) is 25.4. The number of hydrogen-bond acceptors (Lipinski definition) is 11. The molecule has 270 valence electrons. The maximum atomic E-state index is 15.5. The first-order chi connectivity index (χ1) is 24.6. The van der Waals surface area contributed by atoms with Crippen LogP contribution in [0.2, 0.25) is 0 Å². The predicted octanol–water partition coefficient (Wildman–Crippen LogP) is 3.73. The summed E-state index contributed by atoms with van der Waals surface area (Å²) < 4.78 is 46.2. The first-order valence-corrected chi connectivity index (χ1v) is 18.4. The van der Waals surface area contributed by atoms with Crippen LogP contribution >= 0.6 is 0 Å². The first-order valence-electron chi connectivity index (χ1n) is 17.0. The molecule has 6 rings (SSSR count). The van der Waals surface area contributed by atoms with E-state index in [0.717, 1.165) is 6.54 Å². The molecule has 1 aromatic heterocycles. The summed E-state index contributed by atoms with van der Waals surface area (Å²) in [5.74, 6) is -3.65. The van der Waals surface area contributed by atoms with Gasteiger partial charge in [-0.3, -0.25) is 9.69 Å². The lowest BCUT2D eigenvalue weighted by Crippen LogP contribution is -2.74. The molecule has 3 aliphatic heterocycles. The van der Waals surface area contributed by atoms with Crippen molar-refractivity contribution in [2.75, 3.05) is 65.4 Å². The van der Waals surface area contributed by atoms with Crippen LogP contribution in [0.25, 0.3) is 0 Å². The Morgan fingerprint density at radius 3 is 2.43 bits per heavy atom. The number of nitrogens with zero attached hydrogens (tertiary/aromatic N) is 5. The monoisotopic (exact) mass is 719 g/mol. The van der Waals surface area contributed by atoms with E-state index in [-0.39, 0.29) is 18.2 Å². The SMILES string of the molecule is CCOc1ncccc1C1C(N2CCN(CC)CC2)C(C#N)C[N+](C(=O)O)(S(=O)(=O)c2ccc(OC)cc2OC)C1C1C(=O)Nc2ccccc21. The molecular formula is C36H43N6O8S+. The molecule has 2 fully saturated rings. The largest absolute Gasteiger partial charge is 0.529 e. The van der Waals surface area contributed by atoms with Crippen molar-refractivity contribution in [2.45, 2.75) is 42.7 Å². The molecule has 2 amide bonds. The van der Waals surface area contributed by atoms with Gasteiger partial charge in [0.05, 0.1) is 32.8 Å². The highest BCUT2D eigenvalue weighted by Gasteiger charge is 2.70. The molecule has 3 aromatic rings. The molecule has 51 heavy (non-hydrogen) atoms. The summed E-state index contributed by atoms with van der Waals surface area (Å²) in [6.45, 7) is 6.76. The van der Waals surface area contributed by atoms with Crippen LogP contribution in [0.3, 0.4) is 0 Å². The predicted molar refractivity (Wildman–Crippen MR) is 186 cm³/mol. The van der Waals surface area contributed by atoms with Crippen molar-refractivity contribution in [1.82, 2.24) is 14.8 Å². The zero-order chi connectivity index (χ0) is 36.5. The fourth-order valence-electron chi connectivity index (χ4n) is 8.24. The van der Waals surface area contributed by atoms with E-state index < -0.39 is 67.2 Å². The van der Waals surface area contributed by atoms with Crippen molar-refractivity contribution >= 4 is 27.7 Å². The van der Waals surface area contributed by atoms with E-state index in [4.69, 9.17) is 14.2 Å². The van der Waals surface area contributed by atoms with E-state index in [0.29, 0.717) is 48.7 Å². The van der Waals surface area contributed by atoms with Crippen molar-refractivity contribution in [2.24, 2.45) is 5.92 Å². The highest BCUT2D eigenvalue weighted by atomic mass is 32.2. The van der Waals surface area contributed by atoms with Crippen molar-refractivity contribution in [1.29, 1.82) is 5.26 Å². The van der Waals surface area contributed by atoms with Crippen LogP contribution in [-0.2, 0) is 14.8 Å². The number of ether oxygens (including phenoxy) is 3. The fourth-order valence-corrected chi connectivity index (χ4v) is 10.4. The van der Waals surface area contributed by atoms with Gasteiger partial charge in [0.25, 0.3) is 0 Å². The number of nitrogens with one attached hydrogen (secondary N) is 1. The van der Waals surface area contributed by atoms with Gasteiger partial charge in [0.2, 0.25) is 11.8 Å². The summed E-state index contributed by atoms with van der Waals surface area (Å²) in [6, 6.07) is 14.5. The summed E-state index contributed by atoms with van der Waals surface area (Å²) in [7, 11) is -2.34. The molecule has 0 radical (unpaired) electrons. The van der Waals surface area contributed by atoms with E-state index >= 15 is 8.42 Å². The Hall–Kier alpha value is -4.75. The van der Waals surface area contributed by atoms with Gasteiger partial charge < -0.3 is 29.5 Å². The molecule has 14 nitrogen and oxygen atoms in total. The number of hydrogen-bond donors (Lipinski definition) is 2. The molecule has 6 unspecified atom stereocenters. The second-order valence-corrected chi connectivity index (χ2v) is 14.9. The number of para-hydroxylation sites is 1. The van der Waals surface area contributed by atoms with Crippen molar-refractivity contribution < 1.29 is 41.2 Å². The topological polar surface area (TPSA) is 171 Å². The molecule has 0 saturated carbocycles. The number of quaternary nitrogens is 1. The standard InChI is InChI=1S/C36H42N6O8S/c1-5-40-16-18-41(19-17-40)32-23(21-37)22-42(36(44)45,51(46,47)29-14-13-24(48-3)20-28(29)49-4)33(30(32)26-11-9-15-38-35(26)50-6-2)31-25-10-7-8-12-27(25)39-34(31)43/h7-15,20,23,30-33H,5-6,16-19,22H2,1-4H3,(H-,39,43,44,45)/p+1. The molecule has 3 aliphatic rings. The van der Waals surface area contributed by atoms with Gasteiger partial charge in [-0.15, -0.1) is 3.89 Å². The number of pyridine rings is 1. The van der Waals surface area contributed by atoms with Crippen LogP contribution in [0.4, 0.5) is 10.5 Å². The number of sulfonamides is 1. The number of likely N-dealkylation sites (N-methyl/N-ethyl adjacent to an activating group) is 1. The van der Waals surface area contributed by atoms with Gasteiger partial charge in [0.15, 0.2) is 4.90 Å². The number of amides is 2. The zero-order valence-electron chi connectivity index (χ0n) is 29.1. The number of methoxy groups -OCH3 is 2. The Balaban J connectivity index is 1.71. The van der Waals surface area contributed by atoms with Gasteiger partial charge in [-0.2, -0.15) is 18.5 Å². The summed E-state index contributed by atoms with van der Waals surface area (Å²) in [5.41, 5.74) is 1.34. The first kappa shape index (κ1) is 36.1. The van der Waals surface area contributed by atoms with Gasteiger partial charge >= 0.3 is 16.1 Å². The Bertz CT molecular complexity index is 1950. The molecule has 0 spiro atoms. The van der Waals surface area contributed by atoms with E-state index in [2.05, 4.69) is 33.1 Å². The lowest BCUT2D eigenvalue weighted by molar-refractivity contribution is -0.775. The molecule has 6 atom stereocenters. The third-order valence-electron chi connectivity index (χ3n) is 10.6. The normalized spacial score (nSPS) is 26.8. The average Bonchev–Trinajstić information content (AvgIpc) is 3.48. The third kappa shape index (κ3) is 5.95. The number of nitriles is 1. The number of anilines is 1. The Morgan fingerprint density at radius 2 is 1.78 bits per heavy atom. The van der Waals surface area contributed by atoms with Crippen LogP contribution in [0.15, 0.2) is 65.7 Å². The van der Waals surface area contributed by atoms with E-state index in [1.807, 2.05) is 0 Å². The summed E-state index contributed by atoms with van der Waals surface area (Å²) in [6.07, 6.45) is -0.185. The van der Waals surface area contributed by atoms with Gasteiger partial charge in [-0.25, -0.2) is 4.98 Å². The maximum Gasteiger partial charge on any atom is 0.529 e. The number of benzene rings is 2. The van der Waals surface area contributed by atoms with Gasteiger partial charge in [0.1, 0.15) is 35.9 Å². The van der Waals surface area contributed by atoms with E-state index in [9.17, 15) is 20.0 Å². The van der Waals surface area contributed by atoms with Crippen molar-refractivity contribution in [3.8, 4) is 23.4 Å². The number of likely N-dealkylation sites (tertiary alicyclic amines) is 1. The van der Waals surface area contributed by atoms with Gasteiger partial charge in [0, 0.05) is 55.7 Å². The van der Waals surface area contributed by atoms with Crippen molar-refractivity contribution in [3.63, 3.8) is 0 Å². The second-order valence-electron chi connectivity index (χ2n) is 12.9. The Kier molecular flexibility index (Phi) is 10.2. The minimum Gasteiger partial charge on any atom is -0.497 e. The number of piperidine rings is 1. The lowest BCUT2D eigenvalue weighted by atomic mass is 9.69. The zero-order valence-corrected chi connectivity index (χ0v) is 29.9. The highest BCUT2D eigenvalue weighted by Crippen LogP contribution is 2.55. The third-order valence-corrected chi connectivity index (χ3v) is 12.9. The van der Waals surface area contributed by atoms with Crippen LogP contribution in [0.1, 0.15) is 36.8 Å². The molecule has 2 saturated heterocycles. The smallest absolute Gasteiger partial charge is 0.497 e. The van der Waals surface area contributed by atoms with E-state index in [1.54, 1.807) is 49.5 Å². The number of rotatable bonds is 10. The molecule has 2 N–H and O–H groups in total. The minimum absolute atomic E-state index is 0.137. The van der Waals surface area contributed by atoms with E-state index in [1.165, 1.54) is 32.4 Å². The molecule has 2 aromatic carbocycles. The number of fused-ring (bicyclic) bond motifs is 1. The summed E-state index contributed by atoms with van der Waals surface area (Å²) >= 11 is 0. The second kappa shape index (κ2) is 14.5. The number of aromatic nitrogens is 1. The number of carbonyl (C=O) groups excluding carboxylic acids is 1. The highest BCUT2D eigenvalue weighted by molar-refractivity contribution is 7.86. The Labute approximate surface area is 297 Å². The number of carbonyl (C=O) groups is 2. The number of piperazine rings is 1. The quantitative estimate of drug-likeness (QED) is 0.292. The average molecular weight is 720 g/mol. The maximum absolute atomic E-state index is 15.5. The molecule has 0 bridgehead atoms. The minimum atomic E-state index is -5.04. The van der Waals surface area contributed by atoms with Crippen LogP contribution in [0.5, 0.6) is 17.4 Å². The summed E-state index contributed by atoms with van der Waals surface area (Å²) in [4.78, 5) is 37.1. The molecule has 0 aliphatic carbocycles. The van der Waals surface area contributed by atoms with Crippen LogP contribution < -0.4 is 19.5 Å². The molecule has 4 heterocycles. The molecular weight excluding hydrogens is 676 g/mol.